The van der Waals surface area contributed by atoms with Gasteiger partial charge >= 0.3 is 0 Å². The standard InChI is InChI=1S/C18H31N3O/c1-15(2)13-21(14-17-10-7-11-20(17)3)18(22)12-19-16-8-5-4-6-9-16/h7,10-11,15-16,19H,4-6,8-9,12-14H2,1-3H3. The van der Waals surface area contributed by atoms with E-state index < -0.39 is 0 Å². The van der Waals surface area contributed by atoms with Crippen molar-refractivity contribution < 1.29 is 4.79 Å². The Morgan fingerprint density at radius 2 is 2.09 bits per heavy atom. The van der Waals surface area contributed by atoms with Crippen molar-refractivity contribution in [2.45, 2.75) is 58.5 Å². The molecule has 1 saturated carbocycles. The molecule has 0 unspecified atom stereocenters. The number of rotatable bonds is 7. The van der Waals surface area contributed by atoms with E-state index in [1.54, 1.807) is 0 Å². The van der Waals surface area contributed by atoms with E-state index in [0.717, 1.165) is 6.54 Å². The van der Waals surface area contributed by atoms with Crippen molar-refractivity contribution in [1.82, 2.24) is 14.8 Å². The topological polar surface area (TPSA) is 37.3 Å². The van der Waals surface area contributed by atoms with Crippen molar-refractivity contribution >= 4 is 5.91 Å². The van der Waals surface area contributed by atoms with Crippen molar-refractivity contribution in [3.8, 4) is 0 Å². The Balaban J connectivity index is 1.89. The number of hydrogen-bond donors (Lipinski definition) is 1. The lowest BCUT2D eigenvalue weighted by atomic mass is 9.95. The van der Waals surface area contributed by atoms with E-state index in [2.05, 4.69) is 29.8 Å². The second-order valence-electron chi connectivity index (χ2n) is 6.99. The predicted octanol–water partition coefficient (Wildman–Crippen LogP) is 2.93. The molecule has 0 spiro atoms. The van der Waals surface area contributed by atoms with Crippen LogP contribution in [0.5, 0.6) is 0 Å². The first-order valence-electron chi connectivity index (χ1n) is 8.67. The Kier molecular flexibility index (Phi) is 6.49. The Morgan fingerprint density at radius 1 is 1.36 bits per heavy atom. The number of hydrogen-bond acceptors (Lipinski definition) is 2. The molecule has 0 aliphatic heterocycles. The molecule has 1 aliphatic rings. The van der Waals surface area contributed by atoms with Gasteiger partial charge in [-0.15, -0.1) is 0 Å². The molecule has 124 valence electrons. The van der Waals surface area contributed by atoms with Crippen molar-refractivity contribution in [1.29, 1.82) is 0 Å². The first-order chi connectivity index (χ1) is 10.6. The number of aryl methyl sites for hydroxylation is 1. The largest absolute Gasteiger partial charge is 0.353 e. The van der Waals surface area contributed by atoms with Gasteiger partial charge in [0.25, 0.3) is 0 Å². The zero-order valence-corrected chi connectivity index (χ0v) is 14.3. The van der Waals surface area contributed by atoms with Gasteiger partial charge in [-0.25, -0.2) is 0 Å². The number of carbonyl (C=O) groups excluding carboxylic acids is 1. The highest BCUT2D eigenvalue weighted by Gasteiger charge is 2.19. The Hall–Kier alpha value is -1.29. The van der Waals surface area contributed by atoms with Crippen LogP contribution in [-0.2, 0) is 18.4 Å². The minimum atomic E-state index is 0.223. The number of carbonyl (C=O) groups is 1. The molecular formula is C18H31N3O. The van der Waals surface area contributed by atoms with Gasteiger partial charge in [-0.3, -0.25) is 4.79 Å². The van der Waals surface area contributed by atoms with Gasteiger partial charge in [-0.05, 0) is 30.9 Å². The van der Waals surface area contributed by atoms with Gasteiger partial charge in [-0.1, -0.05) is 33.1 Å². The van der Waals surface area contributed by atoms with Crippen LogP contribution in [-0.4, -0.2) is 34.5 Å². The quantitative estimate of drug-likeness (QED) is 0.841. The van der Waals surface area contributed by atoms with Crippen LogP contribution < -0.4 is 5.32 Å². The molecule has 1 fully saturated rings. The normalized spacial score (nSPS) is 16.2. The fourth-order valence-corrected chi connectivity index (χ4v) is 3.20. The Morgan fingerprint density at radius 3 is 2.68 bits per heavy atom. The van der Waals surface area contributed by atoms with Crippen molar-refractivity contribution in [2.24, 2.45) is 13.0 Å². The van der Waals surface area contributed by atoms with Gasteiger partial charge < -0.3 is 14.8 Å². The van der Waals surface area contributed by atoms with Crippen LogP contribution in [0.4, 0.5) is 0 Å². The van der Waals surface area contributed by atoms with Crippen LogP contribution in [0.15, 0.2) is 18.3 Å². The van der Waals surface area contributed by atoms with Crippen LogP contribution in [0.1, 0.15) is 51.6 Å². The summed E-state index contributed by atoms with van der Waals surface area (Å²) in [7, 11) is 2.04. The highest BCUT2D eigenvalue weighted by molar-refractivity contribution is 5.78. The summed E-state index contributed by atoms with van der Waals surface area (Å²) >= 11 is 0. The fourth-order valence-electron chi connectivity index (χ4n) is 3.20. The van der Waals surface area contributed by atoms with Crippen LogP contribution in [0.2, 0.25) is 0 Å². The summed E-state index contributed by atoms with van der Waals surface area (Å²) in [5.41, 5.74) is 1.19. The maximum atomic E-state index is 12.6. The number of aromatic nitrogens is 1. The van der Waals surface area contributed by atoms with E-state index in [0.29, 0.717) is 25.0 Å². The van der Waals surface area contributed by atoms with Crippen molar-refractivity contribution in [3.63, 3.8) is 0 Å². The molecule has 22 heavy (non-hydrogen) atoms. The van der Waals surface area contributed by atoms with E-state index in [1.807, 2.05) is 24.2 Å². The summed E-state index contributed by atoms with van der Waals surface area (Å²) in [6.45, 7) is 6.32. The van der Waals surface area contributed by atoms with Crippen molar-refractivity contribution in [3.05, 3.63) is 24.0 Å². The van der Waals surface area contributed by atoms with E-state index in [-0.39, 0.29) is 5.91 Å². The monoisotopic (exact) mass is 305 g/mol. The van der Waals surface area contributed by atoms with E-state index >= 15 is 0 Å². The smallest absolute Gasteiger partial charge is 0.236 e. The van der Waals surface area contributed by atoms with Gasteiger partial charge in [0, 0.05) is 31.5 Å². The molecule has 1 heterocycles. The van der Waals surface area contributed by atoms with E-state index in [4.69, 9.17) is 0 Å². The molecule has 4 nitrogen and oxygen atoms in total. The number of nitrogens with one attached hydrogen (secondary N) is 1. The van der Waals surface area contributed by atoms with Gasteiger partial charge in [0.2, 0.25) is 5.91 Å². The summed E-state index contributed by atoms with van der Waals surface area (Å²) in [6.07, 6.45) is 8.41. The average Bonchev–Trinajstić information content (AvgIpc) is 2.90. The molecule has 0 saturated heterocycles. The summed E-state index contributed by atoms with van der Waals surface area (Å²) < 4.78 is 2.09. The SMILES string of the molecule is CC(C)CN(Cc1cccn1C)C(=O)CNC1CCCCC1. The molecule has 0 bridgehead atoms. The Bertz CT molecular complexity index is 461. The zero-order valence-electron chi connectivity index (χ0n) is 14.3. The Labute approximate surface area is 134 Å². The molecule has 4 heteroatoms. The molecule has 0 radical (unpaired) electrons. The summed E-state index contributed by atoms with van der Waals surface area (Å²) in [5, 5.41) is 3.47. The molecule has 1 aromatic rings. The minimum absolute atomic E-state index is 0.223. The zero-order chi connectivity index (χ0) is 15.9. The highest BCUT2D eigenvalue weighted by Crippen LogP contribution is 2.17. The van der Waals surface area contributed by atoms with Crippen LogP contribution in [0.3, 0.4) is 0 Å². The molecule has 1 amide bonds. The lowest BCUT2D eigenvalue weighted by Crippen LogP contribution is -2.43. The third-order valence-corrected chi connectivity index (χ3v) is 4.49. The first kappa shape index (κ1) is 17.1. The lowest BCUT2D eigenvalue weighted by Gasteiger charge is -2.27. The van der Waals surface area contributed by atoms with Gasteiger partial charge in [0.15, 0.2) is 0 Å². The van der Waals surface area contributed by atoms with E-state index in [9.17, 15) is 4.79 Å². The van der Waals surface area contributed by atoms with Crippen LogP contribution >= 0.6 is 0 Å². The third kappa shape index (κ3) is 5.16. The van der Waals surface area contributed by atoms with Crippen LogP contribution in [0.25, 0.3) is 0 Å². The van der Waals surface area contributed by atoms with Crippen molar-refractivity contribution in [2.75, 3.05) is 13.1 Å². The first-order valence-corrected chi connectivity index (χ1v) is 8.67. The fraction of sp³-hybridized carbons (Fsp3) is 0.722. The number of nitrogens with zero attached hydrogens (tertiary/aromatic N) is 2. The summed E-state index contributed by atoms with van der Waals surface area (Å²) in [5.74, 6) is 0.708. The van der Waals surface area contributed by atoms with Crippen LogP contribution in [0, 0.1) is 5.92 Å². The molecule has 1 aliphatic carbocycles. The molecule has 0 atom stereocenters. The predicted molar refractivity (Wildman–Crippen MR) is 90.5 cm³/mol. The van der Waals surface area contributed by atoms with E-state index in [1.165, 1.54) is 37.8 Å². The summed E-state index contributed by atoms with van der Waals surface area (Å²) in [6, 6.07) is 4.66. The molecule has 0 aromatic carbocycles. The van der Waals surface area contributed by atoms with Gasteiger partial charge in [0.1, 0.15) is 0 Å². The van der Waals surface area contributed by atoms with Gasteiger partial charge in [-0.2, -0.15) is 0 Å². The number of amides is 1. The molecule has 1 aromatic heterocycles. The second kappa shape index (κ2) is 8.37. The third-order valence-electron chi connectivity index (χ3n) is 4.49. The molecular weight excluding hydrogens is 274 g/mol. The minimum Gasteiger partial charge on any atom is -0.353 e. The maximum Gasteiger partial charge on any atom is 0.236 e. The second-order valence-corrected chi connectivity index (χ2v) is 6.99. The molecule has 1 N–H and O–H groups in total. The lowest BCUT2D eigenvalue weighted by molar-refractivity contribution is -0.131. The van der Waals surface area contributed by atoms with Gasteiger partial charge in [0.05, 0.1) is 13.1 Å². The average molecular weight is 305 g/mol. The summed E-state index contributed by atoms with van der Waals surface area (Å²) in [4.78, 5) is 14.6. The highest BCUT2D eigenvalue weighted by atomic mass is 16.2. The maximum absolute atomic E-state index is 12.6. The molecule has 2 rings (SSSR count).